The summed E-state index contributed by atoms with van der Waals surface area (Å²) in [6.45, 7) is 3.13. The first-order valence-electron chi connectivity index (χ1n) is 12.9. The van der Waals surface area contributed by atoms with Crippen molar-refractivity contribution in [2.45, 2.75) is 44.8 Å². The minimum atomic E-state index is -4.56. The number of alkyl halides is 3. The number of hydrogen-bond acceptors (Lipinski definition) is 7. The number of ether oxygens (including phenoxy) is 1. The van der Waals surface area contributed by atoms with E-state index in [9.17, 15) is 18.0 Å². The van der Waals surface area contributed by atoms with Crippen molar-refractivity contribution in [3.8, 4) is 16.2 Å². The van der Waals surface area contributed by atoms with Crippen LogP contribution in [-0.2, 0) is 17.5 Å². The SMILES string of the molecule is COc1ccc(CN2CCCCC(c3ncc(-c4cc(C)cc(Nc5nccc(C(F)(F)F)n5)c4)s3)C2=O)cc1. The Kier molecular flexibility index (Phi) is 8.02. The van der Waals surface area contributed by atoms with Crippen molar-refractivity contribution < 1.29 is 22.7 Å². The summed E-state index contributed by atoms with van der Waals surface area (Å²) in [7, 11) is 1.62. The molecule has 1 unspecified atom stereocenters. The van der Waals surface area contributed by atoms with Gasteiger partial charge in [-0.25, -0.2) is 15.0 Å². The van der Waals surface area contributed by atoms with Crippen molar-refractivity contribution in [1.29, 1.82) is 0 Å². The normalized spacial score (nSPS) is 16.1. The average Bonchev–Trinajstić information content (AvgIpc) is 3.35. The predicted octanol–water partition coefficient (Wildman–Crippen LogP) is 6.98. The van der Waals surface area contributed by atoms with E-state index in [2.05, 4.69) is 20.3 Å². The third-order valence-corrected chi connectivity index (χ3v) is 7.86. The van der Waals surface area contributed by atoms with Gasteiger partial charge in [0.05, 0.1) is 17.9 Å². The maximum absolute atomic E-state index is 13.6. The van der Waals surface area contributed by atoms with Gasteiger partial charge in [0.2, 0.25) is 11.9 Å². The van der Waals surface area contributed by atoms with Crippen LogP contribution in [0, 0.1) is 6.92 Å². The van der Waals surface area contributed by atoms with Crippen molar-refractivity contribution in [2.75, 3.05) is 19.0 Å². The molecule has 1 fully saturated rings. The largest absolute Gasteiger partial charge is 0.497 e. The Morgan fingerprint density at radius 2 is 1.90 bits per heavy atom. The highest BCUT2D eigenvalue weighted by Crippen LogP contribution is 2.36. The van der Waals surface area contributed by atoms with E-state index in [0.29, 0.717) is 18.8 Å². The predicted molar refractivity (Wildman–Crippen MR) is 148 cm³/mol. The highest BCUT2D eigenvalue weighted by atomic mass is 32.1. The van der Waals surface area contributed by atoms with Crippen molar-refractivity contribution in [1.82, 2.24) is 19.9 Å². The van der Waals surface area contributed by atoms with E-state index in [1.165, 1.54) is 11.3 Å². The van der Waals surface area contributed by atoms with Crippen molar-refractivity contribution in [3.63, 3.8) is 0 Å². The number of aromatic nitrogens is 3. The zero-order valence-corrected chi connectivity index (χ0v) is 22.9. The number of thiazole rings is 1. The number of halogens is 3. The Labute approximate surface area is 234 Å². The van der Waals surface area contributed by atoms with Crippen LogP contribution >= 0.6 is 11.3 Å². The number of carbonyl (C=O) groups is 1. The standard InChI is InChI=1S/C29H28F3N5O2S/c1-18-13-20(15-21(14-18)35-28-33-11-10-25(36-28)29(30,31)32)24-16-34-26(40-24)23-5-3-4-12-37(27(23)38)17-19-6-8-22(39-2)9-7-19/h6-11,13-16,23H,3-5,12,17H2,1-2H3,(H,33,35,36). The molecule has 0 spiro atoms. The van der Waals surface area contributed by atoms with E-state index in [-0.39, 0.29) is 17.8 Å². The first-order valence-corrected chi connectivity index (χ1v) is 13.7. The van der Waals surface area contributed by atoms with Gasteiger partial charge in [0.25, 0.3) is 0 Å². The fourth-order valence-corrected chi connectivity index (χ4v) is 5.76. The number of nitrogens with zero attached hydrogens (tertiary/aromatic N) is 4. The molecule has 0 bridgehead atoms. The van der Waals surface area contributed by atoms with Gasteiger partial charge in [0.15, 0.2) is 0 Å². The number of hydrogen-bond donors (Lipinski definition) is 1. The lowest BCUT2D eigenvalue weighted by atomic mass is 10.0. The van der Waals surface area contributed by atoms with Crippen LogP contribution in [0.5, 0.6) is 5.75 Å². The lowest BCUT2D eigenvalue weighted by Crippen LogP contribution is -2.33. The summed E-state index contributed by atoms with van der Waals surface area (Å²) in [6.07, 6.45) is 0.868. The molecular weight excluding hydrogens is 539 g/mol. The van der Waals surface area contributed by atoms with Crippen LogP contribution < -0.4 is 10.1 Å². The van der Waals surface area contributed by atoms with E-state index in [1.54, 1.807) is 19.4 Å². The number of aryl methyl sites for hydroxylation is 1. The number of methoxy groups -OCH3 is 1. The topological polar surface area (TPSA) is 80.2 Å². The molecule has 11 heteroatoms. The first kappa shape index (κ1) is 27.6. The molecule has 208 valence electrons. The molecule has 1 N–H and O–H groups in total. The smallest absolute Gasteiger partial charge is 0.433 e. The zero-order chi connectivity index (χ0) is 28.3. The molecule has 1 amide bonds. The molecule has 0 radical (unpaired) electrons. The van der Waals surface area contributed by atoms with Crippen LogP contribution in [0.3, 0.4) is 0 Å². The van der Waals surface area contributed by atoms with Crippen LogP contribution in [0.25, 0.3) is 10.4 Å². The molecule has 1 aliphatic rings. The number of rotatable bonds is 7. The number of anilines is 2. The number of nitrogens with one attached hydrogen (secondary N) is 1. The maximum Gasteiger partial charge on any atom is 0.433 e. The van der Waals surface area contributed by atoms with E-state index in [1.807, 2.05) is 48.2 Å². The van der Waals surface area contributed by atoms with Gasteiger partial charge in [-0.3, -0.25) is 4.79 Å². The van der Waals surface area contributed by atoms with Crippen LogP contribution in [0.4, 0.5) is 24.8 Å². The minimum absolute atomic E-state index is 0.0718. The summed E-state index contributed by atoms with van der Waals surface area (Å²) in [5.41, 5.74) is 2.33. The number of benzene rings is 2. The van der Waals surface area contributed by atoms with Crippen LogP contribution in [-0.4, -0.2) is 39.4 Å². The highest BCUT2D eigenvalue weighted by molar-refractivity contribution is 7.15. The summed E-state index contributed by atoms with van der Waals surface area (Å²) < 4.78 is 44.5. The molecule has 0 aliphatic carbocycles. The molecular formula is C29H28F3N5O2S. The van der Waals surface area contributed by atoms with E-state index in [4.69, 9.17) is 4.74 Å². The van der Waals surface area contributed by atoms with Gasteiger partial charge in [-0.05, 0) is 66.8 Å². The molecule has 7 nitrogen and oxygen atoms in total. The molecule has 3 heterocycles. The van der Waals surface area contributed by atoms with Gasteiger partial charge in [0, 0.05) is 31.2 Å². The summed E-state index contributed by atoms with van der Waals surface area (Å²) in [5.74, 6) is 0.385. The Morgan fingerprint density at radius 1 is 1.10 bits per heavy atom. The fraction of sp³-hybridized carbons (Fsp3) is 0.310. The first-order chi connectivity index (χ1) is 19.2. The number of carbonyl (C=O) groups excluding carboxylic acids is 1. The van der Waals surface area contributed by atoms with Gasteiger partial charge in [-0.2, -0.15) is 13.2 Å². The summed E-state index contributed by atoms with van der Waals surface area (Å²) in [6, 6.07) is 14.2. The van der Waals surface area contributed by atoms with E-state index in [0.717, 1.165) is 63.9 Å². The Balaban J connectivity index is 1.34. The maximum atomic E-state index is 13.6. The minimum Gasteiger partial charge on any atom is -0.497 e. The lowest BCUT2D eigenvalue weighted by Gasteiger charge is -2.23. The number of likely N-dealkylation sites (tertiary alicyclic amines) is 1. The molecule has 2 aromatic heterocycles. The van der Waals surface area contributed by atoms with Gasteiger partial charge < -0.3 is 15.0 Å². The molecule has 2 aromatic carbocycles. The van der Waals surface area contributed by atoms with Gasteiger partial charge >= 0.3 is 6.18 Å². The van der Waals surface area contributed by atoms with Crippen molar-refractivity contribution >= 4 is 28.9 Å². The number of amides is 1. The Bertz CT molecular complexity index is 1490. The summed E-state index contributed by atoms with van der Waals surface area (Å²) in [4.78, 5) is 28.5. The molecule has 1 atom stereocenters. The van der Waals surface area contributed by atoms with Gasteiger partial charge in [-0.15, -0.1) is 11.3 Å². The summed E-state index contributed by atoms with van der Waals surface area (Å²) >= 11 is 1.47. The third kappa shape index (κ3) is 6.41. The lowest BCUT2D eigenvalue weighted by molar-refractivity contribution is -0.141. The second-order valence-electron chi connectivity index (χ2n) is 9.69. The van der Waals surface area contributed by atoms with Gasteiger partial charge in [0.1, 0.15) is 16.5 Å². The van der Waals surface area contributed by atoms with Crippen molar-refractivity contribution in [3.05, 3.63) is 82.8 Å². The summed E-state index contributed by atoms with van der Waals surface area (Å²) in [5, 5.41) is 3.65. The zero-order valence-electron chi connectivity index (χ0n) is 22.0. The molecule has 4 aromatic rings. The van der Waals surface area contributed by atoms with E-state index >= 15 is 0 Å². The van der Waals surface area contributed by atoms with Crippen LogP contribution in [0.2, 0.25) is 0 Å². The van der Waals surface area contributed by atoms with E-state index < -0.39 is 11.9 Å². The molecule has 1 aliphatic heterocycles. The van der Waals surface area contributed by atoms with Crippen LogP contribution in [0.1, 0.15) is 47.0 Å². The van der Waals surface area contributed by atoms with Crippen molar-refractivity contribution in [2.24, 2.45) is 0 Å². The Morgan fingerprint density at radius 3 is 2.65 bits per heavy atom. The quantitative estimate of drug-likeness (QED) is 0.260. The van der Waals surface area contributed by atoms with Crippen LogP contribution in [0.15, 0.2) is 60.9 Å². The fourth-order valence-electron chi connectivity index (χ4n) is 4.73. The monoisotopic (exact) mass is 567 g/mol. The highest BCUT2D eigenvalue weighted by Gasteiger charge is 2.33. The molecule has 5 rings (SSSR count). The molecule has 0 saturated carbocycles. The Hall–Kier alpha value is -3.99. The molecule has 40 heavy (non-hydrogen) atoms. The van der Waals surface area contributed by atoms with Gasteiger partial charge in [-0.1, -0.05) is 24.6 Å². The second kappa shape index (κ2) is 11.6. The molecule has 1 saturated heterocycles. The second-order valence-corrected chi connectivity index (χ2v) is 10.8. The third-order valence-electron chi connectivity index (χ3n) is 6.70. The average molecular weight is 568 g/mol.